The zero-order chi connectivity index (χ0) is 13.0. The number of aromatic nitrogens is 1. The molecule has 0 amide bonds. The van der Waals surface area contributed by atoms with Crippen LogP contribution < -0.4 is 0 Å². The third-order valence-electron chi connectivity index (χ3n) is 3.33. The molecule has 2 rings (SSSR count). The summed E-state index contributed by atoms with van der Waals surface area (Å²) in [6, 6.07) is 2.01. The van der Waals surface area contributed by atoms with E-state index >= 15 is 0 Å². The highest BCUT2D eigenvalue weighted by Crippen LogP contribution is 2.17. The van der Waals surface area contributed by atoms with Crippen LogP contribution in [0.3, 0.4) is 0 Å². The van der Waals surface area contributed by atoms with Gasteiger partial charge in [-0.1, -0.05) is 19.0 Å². The minimum absolute atomic E-state index is 0.396. The van der Waals surface area contributed by atoms with Gasteiger partial charge >= 0.3 is 0 Å². The molecule has 0 saturated carbocycles. The highest BCUT2D eigenvalue weighted by Gasteiger charge is 2.23. The van der Waals surface area contributed by atoms with Crippen molar-refractivity contribution in [2.24, 2.45) is 5.92 Å². The van der Waals surface area contributed by atoms with Gasteiger partial charge in [-0.3, -0.25) is 4.90 Å². The van der Waals surface area contributed by atoms with Crippen LogP contribution in [0.5, 0.6) is 0 Å². The summed E-state index contributed by atoms with van der Waals surface area (Å²) in [5, 5.41) is 3.91. The normalized spacial score (nSPS) is 21.0. The van der Waals surface area contributed by atoms with Gasteiger partial charge in [0.2, 0.25) is 0 Å². The minimum Gasteiger partial charge on any atom is -0.377 e. The lowest BCUT2D eigenvalue weighted by atomic mass is 10.1. The lowest BCUT2D eigenvalue weighted by Crippen LogP contribution is -2.23. The Labute approximate surface area is 109 Å². The molecule has 102 valence electrons. The second kappa shape index (κ2) is 6.34. The van der Waals surface area contributed by atoms with Gasteiger partial charge in [0.05, 0.1) is 18.3 Å². The van der Waals surface area contributed by atoms with E-state index in [1.165, 1.54) is 0 Å². The number of ether oxygens (including phenoxy) is 1. The van der Waals surface area contributed by atoms with Crippen molar-refractivity contribution in [1.82, 2.24) is 10.1 Å². The first-order valence-corrected chi connectivity index (χ1v) is 6.89. The molecule has 1 aromatic rings. The Bertz CT molecular complexity index is 362. The average Bonchev–Trinajstić information content (AvgIpc) is 2.89. The second-order valence-corrected chi connectivity index (χ2v) is 5.63. The summed E-state index contributed by atoms with van der Waals surface area (Å²) >= 11 is 0. The predicted molar refractivity (Wildman–Crippen MR) is 70.3 cm³/mol. The molecule has 18 heavy (non-hydrogen) atoms. The molecule has 0 unspecified atom stereocenters. The summed E-state index contributed by atoms with van der Waals surface area (Å²) in [7, 11) is 0. The molecule has 1 saturated heterocycles. The molecule has 0 N–H and O–H groups in total. The highest BCUT2D eigenvalue weighted by molar-refractivity contribution is 5.03. The van der Waals surface area contributed by atoms with Crippen molar-refractivity contribution in [3.63, 3.8) is 0 Å². The summed E-state index contributed by atoms with van der Waals surface area (Å²) in [4.78, 5) is 2.37. The van der Waals surface area contributed by atoms with Crippen molar-refractivity contribution >= 4 is 0 Å². The Morgan fingerprint density at radius 2 is 2.39 bits per heavy atom. The molecule has 4 heteroatoms. The van der Waals surface area contributed by atoms with Gasteiger partial charge in [-0.15, -0.1) is 0 Å². The predicted octanol–water partition coefficient (Wildman–Crippen LogP) is 2.62. The van der Waals surface area contributed by atoms with E-state index in [9.17, 15) is 0 Å². The highest BCUT2D eigenvalue weighted by atomic mass is 16.5. The van der Waals surface area contributed by atoms with Gasteiger partial charge in [-0.2, -0.15) is 0 Å². The van der Waals surface area contributed by atoms with Crippen LogP contribution in [0.2, 0.25) is 0 Å². The monoisotopic (exact) mass is 252 g/mol. The number of aryl methyl sites for hydroxylation is 1. The number of hydrogen-bond donors (Lipinski definition) is 0. The fourth-order valence-electron chi connectivity index (χ4n) is 2.26. The van der Waals surface area contributed by atoms with Gasteiger partial charge in [-0.25, -0.2) is 0 Å². The Kier molecular flexibility index (Phi) is 4.78. The Morgan fingerprint density at radius 3 is 3.06 bits per heavy atom. The molecule has 1 aromatic heterocycles. The van der Waals surface area contributed by atoms with Crippen LogP contribution >= 0.6 is 0 Å². The number of rotatable bonds is 6. The summed E-state index contributed by atoms with van der Waals surface area (Å²) in [5.41, 5.74) is 0.953. The van der Waals surface area contributed by atoms with E-state index in [0.29, 0.717) is 6.10 Å². The zero-order valence-electron chi connectivity index (χ0n) is 11.7. The molecule has 0 radical (unpaired) electrons. The van der Waals surface area contributed by atoms with Crippen molar-refractivity contribution in [3.8, 4) is 0 Å². The van der Waals surface area contributed by atoms with Gasteiger partial charge in [0.1, 0.15) is 0 Å². The Balaban J connectivity index is 1.68. The van der Waals surface area contributed by atoms with Crippen molar-refractivity contribution in [2.75, 3.05) is 19.7 Å². The largest absolute Gasteiger partial charge is 0.377 e. The van der Waals surface area contributed by atoms with Crippen molar-refractivity contribution in [2.45, 2.75) is 46.3 Å². The maximum Gasteiger partial charge on any atom is 0.150 e. The molecule has 0 aromatic carbocycles. The summed E-state index contributed by atoms with van der Waals surface area (Å²) in [6.07, 6.45) is 2.68. The molecule has 2 heterocycles. The van der Waals surface area contributed by atoms with E-state index < -0.39 is 0 Å². The van der Waals surface area contributed by atoms with E-state index in [2.05, 4.69) is 23.9 Å². The molecular weight excluding hydrogens is 228 g/mol. The fraction of sp³-hybridized carbons (Fsp3) is 0.786. The molecule has 1 atom stereocenters. The summed E-state index contributed by atoms with van der Waals surface area (Å²) < 4.78 is 11.1. The third kappa shape index (κ3) is 4.10. The molecular formula is C14H24N2O2. The maximum absolute atomic E-state index is 5.90. The van der Waals surface area contributed by atoms with Gasteiger partial charge in [0.25, 0.3) is 0 Å². The molecule has 0 aliphatic carbocycles. The van der Waals surface area contributed by atoms with Crippen molar-refractivity contribution in [1.29, 1.82) is 0 Å². The average molecular weight is 252 g/mol. The maximum atomic E-state index is 5.90. The smallest absolute Gasteiger partial charge is 0.150 e. The fourth-order valence-corrected chi connectivity index (χ4v) is 2.26. The molecule has 0 spiro atoms. The quantitative estimate of drug-likeness (QED) is 0.780. The SMILES string of the molecule is Cc1cc(CN2CC[C@@H](OCCC(C)C)C2)on1. The van der Waals surface area contributed by atoms with Crippen LogP contribution in [-0.4, -0.2) is 35.9 Å². The first kappa shape index (κ1) is 13.6. The molecule has 0 bridgehead atoms. The van der Waals surface area contributed by atoms with E-state index in [-0.39, 0.29) is 0 Å². The van der Waals surface area contributed by atoms with Crippen LogP contribution in [0.25, 0.3) is 0 Å². The van der Waals surface area contributed by atoms with Gasteiger partial charge < -0.3 is 9.26 Å². The number of likely N-dealkylation sites (tertiary alicyclic amines) is 1. The van der Waals surface area contributed by atoms with Crippen LogP contribution in [0.4, 0.5) is 0 Å². The lowest BCUT2D eigenvalue weighted by molar-refractivity contribution is 0.0512. The summed E-state index contributed by atoms with van der Waals surface area (Å²) in [6.45, 7) is 10.3. The first-order chi connectivity index (χ1) is 8.63. The van der Waals surface area contributed by atoms with Gasteiger partial charge in [0.15, 0.2) is 5.76 Å². The van der Waals surface area contributed by atoms with Crippen molar-refractivity contribution in [3.05, 3.63) is 17.5 Å². The standard InChI is InChI=1S/C14H24N2O2/c1-11(2)5-7-17-13-4-6-16(9-13)10-14-8-12(3)15-18-14/h8,11,13H,4-7,9-10H2,1-3H3/t13-/m1/s1. The third-order valence-corrected chi connectivity index (χ3v) is 3.33. The number of hydrogen-bond acceptors (Lipinski definition) is 4. The van der Waals surface area contributed by atoms with Crippen LogP contribution in [0.15, 0.2) is 10.6 Å². The first-order valence-electron chi connectivity index (χ1n) is 6.89. The van der Waals surface area contributed by atoms with E-state index in [1.54, 1.807) is 0 Å². The van der Waals surface area contributed by atoms with Gasteiger partial charge in [-0.05, 0) is 25.7 Å². The van der Waals surface area contributed by atoms with Crippen LogP contribution in [0, 0.1) is 12.8 Å². The zero-order valence-corrected chi connectivity index (χ0v) is 11.7. The van der Waals surface area contributed by atoms with Gasteiger partial charge in [0, 0.05) is 25.8 Å². The second-order valence-electron chi connectivity index (χ2n) is 5.63. The minimum atomic E-state index is 0.396. The molecule has 1 aliphatic heterocycles. The number of nitrogens with zero attached hydrogens (tertiary/aromatic N) is 2. The van der Waals surface area contributed by atoms with Crippen molar-refractivity contribution < 1.29 is 9.26 Å². The Hall–Kier alpha value is -0.870. The molecule has 1 aliphatic rings. The van der Waals surface area contributed by atoms with E-state index in [0.717, 1.165) is 56.5 Å². The van der Waals surface area contributed by atoms with Crippen LogP contribution in [0.1, 0.15) is 38.1 Å². The van der Waals surface area contributed by atoms with E-state index in [1.807, 2.05) is 13.0 Å². The molecule has 4 nitrogen and oxygen atoms in total. The summed E-state index contributed by atoms with van der Waals surface area (Å²) in [5.74, 6) is 1.68. The lowest BCUT2D eigenvalue weighted by Gasteiger charge is -2.15. The Morgan fingerprint density at radius 1 is 1.56 bits per heavy atom. The topological polar surface area (TPSA) is 38.5 Å². The van der Waals surface area contributed by atoms with Crippen LogP contribution in [-0.2, 0) is 11.3 Å². The molecule has 1 fully saturated rings. The van der Waals surface area contributed by atoms with E-state index in [4.69, 9.17) is 9.26 Å².